The van der Waals surface area contributed by atoms with Crippen molar-refractivity contribution in [3.05, 3.63) is 15.6 Å². The minimum absolute atomic E-state index is 0.218. The van der Waals surface area contributed by atoms with Crippen LogP contribution in [0.1, 0.15) is 29.4 Å². The third kappa shape index (κ3) is 1.80. The second-order valence-electron chi connectivity index (χ2n) is 3.76. The van der Waals surface area contributed by atoms with E-state index in [0.29, 0.717) is 0 Å². The van der Waals surface area contributed by atoms with Gasteiger partial charge in [-0.15, -0.1) is 11.3 Å². The van der Waals surface area contributed by atoms with Crippen molar-refractivity contribution in [2.24, 2.45) is 0 Å². The number of aryl methyl sites for hydroxylation is 2. The van der Waals surface area contributed by atoms with Crippen LogP contribution >= 0.6 is 11.3 Å². The van der Waals surface area contributed by atoms with Gasteiger partial charge >= 0.3 is 5.97 Å². The number of hydrogen-bond donors (Lipinski definition) is 0. The molecule has 0 radical (unpaired) electrons. The van der Waals surface area contributed by atoms with Gasteiger partial charge in [-0.25, -0.2) is 4.98 Å². The topological polar surface area (TPSA) is 39.2 Å². The van der Waals surface area contributed by atoms with Crippen LogP contribution in [-0.2, 0) is 14.9 Å². The predicted molar refractivity (Wildman–Crippen MR) is 56.6 cm³/mol. The zero-order valence-corrected chi connectivity index (χ0v) is 9.99. The van der Waals surface area contributed by atoms with Gasteiger partial charge in [0.25, 0.3) is 0 Å². The summed E-state index contributed by atoms with van der Waals surface area (Å²) < 4.78 is 4.77. The Morgan fingerprint density at radius 1 is 1.43 bits per heavy atom. The molecular weight excluding hydrogens is 198 g/mol. The van der Waals surface area contributed by atoms with Crippen molar-refractivity contribution in [3.63, 3.8) is 0 Å². The molecule has 0 aliphatic heterocycles. The highest BCUT2D eigenvalue weighted by Gasteiger charge is 2.34. The molecule has 78 valence electrons. The summed E-state index contributed by atoms with van der Waals surface area (Å²) in [5, 5.41) is 0.981. The molecule has 1 heterocycles. The van der Waals surface area contributed by atoms with Gasteiger partial charge in [-0.1, -0.05) is 0 Å². The Balaban J connectivity index is 3.15. The van der Waals surface area contributed by atoms with E-state index in [2.05, 4.69) is 4.98 Å². The maximum Gasteiger partial charge on any atom is 0.316 e. The van der Waals surface area contributed by atoms with Crippen LogP contribution in [0.25, 0.3) is 0 Å². The van der Waals surface area contributed by atoms with E-state index < -0.39 is 5.41 Å². The third-order valence-electron chi connectivity index (χ3n) is 2.17. The molecule has 3 nitrogen and oxygen atoms in total. The quantitative estimate of drug-likeness (QED) is 0.707. The fraction of sp³-hybridized carbons (Fsp3) is 0.600. The molecule has 0 saturated carbocycles. The smallest absolute Gasteiger partial charge is 0.316 e. The second-order valence-corrected chi connectivity index (χ2v) is 4.97. The number of methoxy groups -OCH3 is 1. The van der Waals surface area contributed by atoms with Crippen LogP contribution in [0.2, 0.25) is 0 Å². The molecule has 1 aromatic rings. The summed E-state index contributed by atoms with van der Waals surface area (Å²) in [5.74, 6) is -0.218. The Labute approximate surface area is 88.1 Å². The van der Waals surface area contributed by atoms with E-state index >= 15 is 0 Å². The molecule has 0 aliphatic carbocycles. The summed E-state index contributed by atoms with van der Waals surface area (Å²) in [4.78, 5) is 16.8. The van der Waals surface area contributed by atoms with E-state index in [4.69, 9.17) is 4.74 Å². The second kappa shape index (κ2) is 3.69. The molecule has 0 aliphatic rings. The number of hydrogen-bond acceptors (Lipinski definition) is 4. The van der Waals surface area contributed by atoms with Crippen molar-refractivity contribution in [2.75, 3.05) is 7.11 Å². The van der Waals surface area contributed by atoms with Gasteiger partial charge in [0, 0.05) is 4.88 Å². The van der Waals surface area contributed by atoms with Gasteiger partial charge in [0.2, 0.25) is 0 Å². The minimum Gasteiger partial charge on any atom is -0.468 e. The molecule has 1 rings (SSSR count). The van der Waals surface area contributed by atoms with Crippen molar-refractivity contribution in [1.29, 1.82) is 0 Å². The summed E-state index contributed by atoms with van der Waals surface area (Å²) >= 11 is 1.55. The van der Waals surface area contributed by atoms with E-state index in [1.165, 1.54) is 7.11 Å². The van der Waals surface area contributed by atoms with Crippen LogP contribution in [0.15, 0.2) is 0 Å². The van der Waals surface area contributed by atoms with E-state index in [1.54, 1.807) is 11.3 Å². The number of aromatic nitrogens is 1. The summed E-state index contributed by atoms with van der Waals surface area (Å²) in [6.45, 7) is 7.58. The van der Waals surface area contributed by atoms with Crippen molar-refractivity contribution in [2.45, 2.75) is 33.1 Å². The van der Waals surface area contributed by atoms with Crippen LogP contribution in [0, 0.1) is 13.8 Å². The molecule has 0 fully saturated rings. The van der Waals surface area contributed by atoms with Gasteiger partial charge in [0.05, 0.1) is 23.2 Å². The predicted octanol–water partition coefficient (Wildman–Crippen LogP) is 2.21. The van der Waals surface area contributed by atoms with Gasteiger partial charge in [-0.05, 0) is 27.7 Å². The number of rotatable bonds is 2. The molecule has 4 heteroatoms. The summed E-state index contributed by atoms with van der Waals surface area (Å²) in [6, 6.07) is 0. The van der Waals surface area contributed by atoms with E-state index in [9.17, 15) is 4.79 Å². The first-order valence-electron chi connectivity index (χ1n) is 4.42. The lowest BCUT2D eigenvalue weighted by molar-refractivity contribution is -0.146. The molecule has 0 amide bonds. The fourth-order valence-corrected chi connectivity index (χ4v) is 2.47. The Morgan fingerprint density at radius 2 is 2.00 bits per heavy atom. The lowest BCUT2D eigenvalue weighted by Crippen LogP contribution is -2.29. The number of ether oxygens (including phenoxy) is 1. The zero-order valence-electron chi connectivity index (χ0n) is 9.17. The van der Waals surface area contributed by atoms with Gasteiger partial charge in [-0.3, -0.25) is 4.79 Å². The monoisotopic (exact) mass is 213 g/mol. The highest BCUT2D eigenvalue weighted by Crippen LogP contribution is 2.32. The Bertz CT molecular complexity index is 355. The lowest BCUT2D eigenvalue weighted by Gasteiger charge is -2.20. The first-order valence-corrected chi connectivity index (χ1v) is 5.24. The van der Waals surface area contributed by atoms with Crippen LogP contribution in [0.5, 0.6) is 0 Å². The molecule has 0 spiro atoms. The number of thiazole rings is 1. The maximum absolute atomic E-state index is 11.6. The molecule has 14 heavy (non-hydrogen) atoms. The van der Waals surface area contributed by atoms with E-state index in [-0.39, 0.29) is 5.97 Å². The number of nitrogens with zero attached hydrogens (tertiary/aromatic N) is 1. The molecule has 1 aromatic heterocycles. The van der Waals surface area contributed by atoms with E-state index in [0.717, 1.165) is 15.6 Å². The average molecular weight is 213 g/mol. The fourth-order valence-electron chi connectivity index (χ4n) is 1.46. The van der Waals surface area contributed by atoms with Crippen LogP contribution in [0.4, 0.5) is 0 Å². The average Bonchev–Trinajstić information content (AvgIpc) is 2.44. The van der Waals surface area contributed by atoms with E-state index in [1.807, 2.05) is 27.7 Å². The number of carbonyl (C=O) groups is 1. The lowest BCUT2D eigenvalue weighted by atomic mass is 9.91. The first kappa shape index (κ1) is 11.2. The number of carbonyl (C=O) groups excluding carboxylic acids is 1. The van der Waals surface area contributed by atoms with Crippen LogP contribution < -0.4 is 0 Å². The van der Waals surface area contributed by atoms with Crippen molar-refractivity contribution < 1.29 is 9.53 Å². The van der Waals surface area contributed by atoms with Crippen LogP contribution in [-0.4, -0.2) is 18.1 Å². The highest BCUT2D eigenvalue weighted by molar-refractivity contribution is 7.12. The SMILES string of the molecule is COC(=O)C(C)(C)c1sc(C)nc1C. The Morgan fingerprint density at radius 3 is 2.36 bits per heavy atom. The molecule has 0 atom stereocenters. The van der Waals surface area contributed by atoms with Gasteiger partial charge in [0.1, 0.15) is 0 Å². The normalized spacial score (nSPS) is 11.5. The Kier molecular flexibility index (Phi) is 2.95. The molecule has 0 saturated heterocycles. The highest BCUT2D eigenvalue weighted by atomic mass is 32.1. The van der Waals surface area contributed by atoms with Gasteiger partial charge in [0.15, 0.2) is 0 Å². The molecule has 0 unspecified atom stereocenters. The summed E-state index contributed by atoms with van der Waals surface area (Å²) in [5.41, 5.74) is 0.327. The standard InChI is InChI=1S/C10H15NO2S/c1-6-8(14-7(2)11-6)10(3,4)9(12)13-5/h1-5H3. The zero-order chi connectivity index (χ0) is 10.9. The number of esters is 1. The summed E-state index contributed by atoms with van der Waals surface area (Å²) in [7, 11) is 1.41. The van der Waals surface area contributed by atoms with Gasteiger partial charge < -0.3 is 4.74 Å². The first-order chi connectivity index (χ1) is 6.39. The molecule has 0 aromatic carbocycles. The van der Waals surface area contributed by atoms with Crippen molar-refractivity contribution in [1.82, 2.24) is 4.98 Å². The molecule has 0 bridgehead atoms. The Hall–Kier alpha value is -0.900. The van der Waals surface area contributed by atoms with Crippen LogP contribution in [0.3, 0.4) is 0 Å². The van der Waals surface area contributed by atoms with Gasteiger partial charge in [-0.2, -0.15) is 0 Å². The van der Waals surface area contributed by atoms with Crippen molar-refractivity contribution >= 4 is 17.3 Å². The summed E-state index contributed by atoms with van der Waals surface area (Å²) in [6.07, 6.45) is 0. The maximum atomic E-state index is 11.6. The minimum atomic E-state index is -0.593. The largest absolute Gasteiger partial charge is 0.468 e. The molecular formula is C10H15NO2S. The third-order valence-corrected chi connectivity index (χ3v) is 3.56. The molecule has 0 N–H and O–H groups in total. The van der Waals surface area contributed by atoms with Crippen molar-refractivity contribution in [3.8, 4) is 0 Å².